The summed E-state index contributed by atoms with van der Waals surface area (Å²) in [7, 11) is 0. The summed E-state index contributed by atoms with van der Waals surface area (Å²) in [5.41, 5.74) is 7.34. The Labute approximate surface area is 589 Å². The SMILES string of the molecule is CCCCCCCCC(CCCCCC)Cc1cc(-c2cc3c(OC(=O)C(CCCC)CCCCCC)c4c(cc(-c5cc(CC(CCCCCC)CCCCCCCC)c(Br)s5)c5nsnc54)c(OC(=O)C(CCCC)CCCCCC)c3c3nsnc23)sc1Br. The predicted octanol–water partition coefficient (Wildman–Crippen LogP) is 28.1. The van der Waals surface area contributed by atoms with Crippen LogP contribution in [0.3, 0.4) is 0 Å². The molecule has 0 amide bonds. The van der Waals surface area contributed by atoms with E-state index in [1.54, 1.807) is 22.7 Å². The zero-order chi connectivity index (χ0) is 65.5. The molecule has 0 radical (unpaired) electrons. The maximum atomic E-state index is 15.5. The normalized spacial score (nSPS) is 13.3. The molecule has 7 aromatic rings. The molecule has 4 aromatic heterocycles. The van der Waals surface area contributed by atoms with Crippen molar-refractivity contribution in [2.45, 2.75) is 325 Å². The molecule has 4 heterocycles. The van der Waals surface area contributed by atoms with Gasteiger partial charge in [-0.1, -0.05) is 287 Å². The van der Waals surface area contributed by atoms with E-state index in [0.717, 1.165) is 155 Å². The smallest absolute Gasteiger partial charge is 0.314 e. The monoisotopic (exact) mass is 1460 g/mol. The van der Waals surface area contributed by atoms with Gasteiger partial charge in [0.2, 0.25) is 0 Å². The number of benzene rings is 3. The second-order valence-corrected chi connectivity index (χ2v) is 33.1. The van der Waals surface area contributed by atoms with Crippen molar-refractivity contribution in [2.75, 3.05) is 0 Å². The molecule has 8 nitrogen and oxygen atoms in total. The van der Waals surface area contributed by atoms with Crippen LogP contribution in [0.2, 0.25) is 0 Å². The molecule has 4 unspecified atom stereocenters. The summed E-state index contributed by atoms with van der Waals surface area (Å²) >= 11 is 14.2. The minimum Gasteiger partial charge on any atom is -0.425 e. The molecule has 14 heteroatoms. The number of rotatable bonds is 50. The van der Waals surface area contributed by atoms with Crippen molar-refractivity contribution < 1.29 is 19.1 Å². The van der Waals surface area contributed by atoms with Crippen LogP contribution in [0.5, 0.6) is 11.5 Å². The third-order valence-corrected chi connectivity index (χ3v) is 24.7. The molecule has 0 aliphatic rings. The molecule has 0 aliphatic heterocycles. The van der Waals surface area contributed by atoms with Crippen LogP contribution < -0.4 is 9.47 Å². The topological polar surface area (TPSA) is 104 Å². The van der Waals surface area contributed by atoms with Gasteiger partial charge in [0.25, 0.3) is 0 Å². The first kappa shape index (κ1) is 76.5. The lowest BCUT2D eigenvalue weighted by molar-refractivity contribution is -0.140. The molecular formula is C78H116Br2N4O4S4. The first-order valence-corrected chi connectivity index (χ1v) is 42.1. The molecule has 7 rings (SSSR count). The van der Waals surface area contributed by atoms with Crippen molar-refractivity contribution in [1.82, 2.24) is 17.5 Å². The van der Waals surface area contributed by atoms with Crippen LogP contribution in [-0.2, 0) is 22.4 Å². The fraction of sp³-hybridized carbons (Fsp3) is 0.692. The highest BCUT2D eigenvalue weighted by molar-refractivity contribution is 9.11. The first-order chi connectivity index (χ1) is 45.0. The van der Waals surface area contributed by atoms with E-state index in [4.69, 9.17) is 27.0 Å². The summed E-state index contributed by atoms with van der Waals surface area (Å²) < 4.78 is 37.5. The van der Waals surface area contributed by atoms with Crippen molar-refractivity contribution in [3.63, 3.8) is 0 Å². The average molecular weight is 1460 g/mol. The fourth-order valence-electron chi connectivity index (χ4n) is 14.0. The van der Waals surface area contributed by atoms with Gasteiger partial charge in [-0.2, -0.15) is 17.5 Å². The van der Waals surface area contributed by atoms with Crippen LogP contribution >= 0.6 is 78.0 Å². The van der Waals surface area contributed by atoms with Gasteiger partial charge in [-0.05, 0) is 118 Å². The minimum absolute atomic E-state index is 0.221. The van der Waals surface area contributed by atoms with E-state index < -0.39 is 0 Å². The molecular weight excluding hydrogens is 1340 g/mol. The van der Waals surface area contributed by atoms with Crippen LogP contribution in [0.4, 0.5) is 0 Å². The molecule has 0 saturated carbocycles. The molecule has 92 heavy (non-hydrogen) atoms. The number of carbonyl (C=O) groups is 2. The zero-order valence-corrected chi connectivity index (χ0v) is 64.6. The third kappa shape index (κ3) is 22.6. The lowest BCUT2D eigenvalue weighted by atomic mass is 9.89. The van der Waals surface area contributed by atoms with Gasteiger partial charge in [0, 0.05) is 31.7 Å². The number of hydrogen-bond donors (Lipinski definition) is 0. The van der Waals surface area contributed by atoms with Gasteiger partial charge >= 0.3 is 11.9 Å². The zero-order valence-electron chi connectivity index (χ0n) is 58.1. The fourth-order valence-corrected chi connectivity index (χ4v) is 18.6. The number of fused-ring (bicyclic) bond motifs is 6. The maximum absolute atomic E-state index is 15.5. The highest BCUT2D eigenvalue weighted by Gasteiger charge is 2.33. The van der Waals surface area contributed by atoms with Gasteiger partial charge in [0.15, 0.2) is 0 Å². The average Bonchev–Trinajstić information content (AvgIpc) is 1.22. The molecule has 4 atom stereocenters. The van der Waals surface area contributed by atoms with Gasteiger partial charge in [-0.25, -0.2) is 0 Å². The highest BCUT2D eigenvalue weighted by Crippen LogP contribution is 2.53. The first-order valence-electron chi connectivity index (χ1n) is 37.4. The van der Waals surface area contributed by atoms with Crippen molar-refractivity contribution in [3.8, 4) is 32.4 Å². The standard InChI is InChI=1S/C78H116Br2N4O4S4/c1-9-17-25-31-33-37-43-55(41-35-27-19-11-3)49-59-51-65(89-75(59)79)61-53-63-67(71-69(61)81-91-83-71)74(88-78(86)58(46-24-16-8)48-40-30-22-14-6)64-54-62(66-52-60(76(80)90-66)50-56(42-36-28-20-12-4)44-38-34-32-26-18-10-2)70-72(84-92-82-70)68(64)73(63)87-77(85)57(45-23-15-7)47-39-29-21-13-5/h51-58H,9-50H2,1-8H3. The second kappa shape index (κ2) is 42.7. The summed E-state index contributed by atoms with van der Waals surface area (Å²) in [6.45, 7) is 18.1. The van der Waals surface area contributed by atoms with Crippen LogP contribution in [0.1, 0.15) is 323 Å². The van der Waals surface area contributed by atoms with Crippen molar-refractivity contribution in [2.24, 2.45) is 23.7 Å². The Morgan fingerprint density at radius 1 is 0.370 bits per heavy atom. The molecule has 0 spiro atoms. The number of thiophene rings is 2. The summed E-state index contributed by atoms with van der Waals surface area (Å²) in [5.74, 6) is 1.08. The minimum atomic E-state index is -0.283. The molecule has 0 fully saturated rings. The number of carbonyl (C=O) groups excluding carboxylic acids is 2. The third-order valence-electron chi connectivity index (χ3n) is 19.6. The lowest BCUT2D eigenvalue weighted by Gasteiger charge is -2.22. The van der Waals surface area contributed by atoms with E-state index >= 15 is 9.59 Å². The molecule has 0 saturated heterocycles. The Kier molecular flexibility index (Phi) is 35.5. The van der Waals surface area contributed by atoms with Crippen LogP contribution in [0.15, 0.2) is 31.8 Å². The Balaban J connectivity index is 1.46. The quantitative estimate of drug-likeness (QED) is 0.0161. The number of halogens is 2. The molecule has 510 valence electrons. The van der Waals surface area contributed by atoms with E-state index in [0.29, 0.717) is 55.9 Å². The Bertz CT molecular complexity index is 3060. The second-order valence-electron chi connectivity index (χ2n) is 27.3. The van der Waals surface area contributed by atoms with Crippen molar-refractivity contribution in [1.29, 1.82) is 0 Å². The van der Waals surface area contributed by atoms with Gasteiger partial charge in [0.05, 0.1) is 53.6 Å². The van der Waals surface area contributed by atoms with E-state index in [2.05, 4.69) is 112 Å². The van der Waals surface area contributed by atoms with E-state index in [1.807, 2.05) is 0 Å². The van der Waals surface area contributed by atoms with Crippen LogP contribution in [0, 0.1) is 23.7 Å². The van der Waals surface area contributed by atoms with Gasteiger partial charge < -0.3 is 9.47 Å². The van der Waals surface area contributed by atoms with E-state index in [9.17, 15) is 0 Å². The molecule has 0 bridgehead atoms. The number of unbranched alkanes of at least 4 members (excludes halogenated alkanes) is 24. The van der Waals surface area contributed by atoms with Crippen molar-refractivity contribution in [3.05, 3.63) is 43.0 Å². The van der Waals surface area contributed by atoms with Gasteiger partial charge in [-0.3, -0.25) is 9.59 Å². The van der Waals surface area contributed by atoms with Crippen molar-refractivity contribution >= 4 is 134 Å². The molecule has 0 N–H and O–H groups in total. The van der Waals surface area contributed by atoms with Gasteiger partial charge in [0.1, 0.15) is 33.6 Å². The van der Waals surface area contributed by atoms with Crippen LogP contribution in [-0.4, -0.2) is 29.4 Å². The largest absolute Gasteiger partial charge is 0.425 e. The Morgan fingerprint density at radius 3 is 0.989 bits per heavy atom. The summed E-state index contributed by atoms with van der Waals surface area (Å²) in [4.78, 5) is 33.1. The molecule has 3 aromatic carbocycles. The van der Waals surface area contributed by atoms with Gasteiger partial charge in [-0.15, -0.1) is 22.7 Å². The summed E-state index contributed by atoms with van der Waals surface area (Å²) in [6, 6.07) is 9.16. The highest BCUT2D eigenvalue weighted by atomic mass is 79.9. The van der Waals surface area contributed by atoms with Crippen LogP contribution in [0.25, 0.3) is 64.5 Å². The Morgan fingerprint density at radius 2 is 0.652 bits per heavy atom. The molecule has 0 aliphatic carbocycles. The Hall–Kier alpha value is -2.88. The number of nitrogens with zero attached hydrogens (tertiary/aromatic N) is 4. The van der Waals surface area contributed by atoms with E-state index in [1.165, 1.54) is 189 Å². The number of esters is 2. The number of ether oxygens (including phenoxy) is 2. The summed E-state index contributed by atoms with van der Waals surface area (Å²) in [6.07, 6.45) is 48.4. The maximum Gasteiger partial charge on any atom is 0.314 e. The lowest BCUT2D eigenvalue weighted by Crippen LogP contribution is -2.22. The predicted molar refractivity (Wildman–Crippen MR) is 408 cm³/mol. The summed E-state index contributed by atoms with van der Waals surface area (Å²) in [5, 5.41) is 2.66. The number of aromatic nitrogens is 4. The van der Waals surface area contributed by atoms with E-state index in [-0.39, 0.29) is 23.8 Å². The number of hydrogen-bond acceptors (Lipinski definition) is 12.